The quantitative estimate of drug-likeness (QED) is 0.531. The average molecular weight is 372 g/mol. The number of benzene rings is 1. The topological polar surface area (TPSA) is 102 Å². The molecule has 1 aromatic rings. The first-order chi connectivity index (χ1) is 12.8. The zero-order chi connectivity index (χ0) is 19.7. The van der Waals surface area contributed by atoms with E-state index in [0.717, 1.165) is 30.6 Å². The summed E-state index contributed by atoms with van der Waals surface area (Å²) in [6.45, 7) is 0. The monoisotopic (exact) mass is 372 g/mol. The second kappa shape index (κ2) is 7.30. The molecule has 0 atom stereocenters. The maximum absolute atomic E-state index is 12.5. The first-order valence-electron chi connectivity index (χ1n) is 8.95. The number of para-hydroxylation sites is 1. The number of nitrogens with zero attached hydrogens (tertiary/aromatic N) is 2. The highest BCUT2D eigenvalue weighted by atomic mass is 16.3. The van der Waals surface area contributed by atoms with Crippen LogP contribution in [-0.4, -0.2) is 59.8 Å². The highest BCUT2D eigenvalue weighted by molar-refractivity contribution is 6.20. The number of anilines is 1. The molecule has 0 unspecified atom stereocenters. The molecule has 8 nitrogen and oxygen atoms in total. The predicted molar refractivity (Wildman–Crippen MR) is 99.9 cm³/mol. The van der Waals surface area contributed by atoms with Gasteiger partial charge in [-0.25, -0.2) is 0 Å². The molecule has 2 aliphatic rings. The van der Waals surface area contributed by atoms with Crippen molar-refractivity contribution < 1.29 is 19.5 Å². The minimum Gasteiger partial charge on any atom is -0.505 e. The molecule has 8 heteroatoms. The lowest BCUT2D eigenvalue weighted by Crippen LogP contribution is -2.33. The van der Waals surface area contributed by atoms with Crippen LogP contribution in [0.3, 0.4) is 0 Å². The van der Waals surface area contributed by atoms with Crippen LogP contribution in [0.1, 0.15) is 36.0 Å². The van der Waals surface area contributed by atoms with E-state index in [0.29, 0.717) is 0 Å². The number of phenols is 1. The van der Waals surface area contributed by atoms with Crippen LogP contribution >= 0.6 is 0 Å². The van der Waals surface area contributed by atoms with Gasteiger partial charge >= 0.3 is 0 Å². The zero-order valence-electron chi connectivity index (χ0n) is 15.7. The third kappa shape index (κ3) is 3.47. The summed E-state index contributed by atoms with van der Waals surface area (Å²) in [5, 5.41) is 16.5. The van der Waals surface area contributed by atoms with E-state index >= 15 is 0 Å². The minimum absolute atomic E-state index is 0.0825. The Bertz CT molecular complexity index is 825. The van der Waals surface area contributed by atoms with E-state index in [1.54, 1.807) is 26.2 Å². The van der Waals surface area contributed by atoms with E-state index in [1.807, 2.05) is 0 Å². The molecule has 0 spiro atoms. The molecular weight excluding hydrogens is 348 g/mol. The molecule has 1 aliphatic carbocycles. The minimum atomic E-state index is -0.482. The standard InChI is InChI=1S/C19H24N4O4/c1-22(2)17(25)12-9-6-10-13(16(12)24)21-15-14(18(26)23(3)19(15)27)20-11-7-4-5-8-11/h6,9-11,20-21,24H,4-5,7-8H2,1-3H3. The maximum atomic E-state index is 12.5. The first-order valence-corrected chi connectivity index (χ1v) is 8.95. The number of hydrogen-bond donors (Lipinski definition) is 3. The van der Waals surface area contributed by atoms with Crippen LogP contribution in [0.4, 0.5) is 5.69 Å². The van der Waals surface area contributed by atoms with Crippen molar-refractivity contribution in [3.8, 4) is 5.75 Å². The van der Waals surface area contributed by atoms with Crippen molar-refractivity contribution in [2.24, 2.45) is 0 Å². The summed E-state index contributed by atoms with van der Waals surface area (Å²) in [6.07, 6.45) is 4.06. The SMILES string of the molecule is CN(C)C(=O)c1cccc(NC2=C(NC3CCCC3)C(=O)N(C)C2=O)c1O. The van der Waals surface area contributed by atoms with Crippen LogP contribution in [-0.2, 0) is 9.59 Å². The van der Waals surface area contributed by atoms with E-state index in [2.05, 4.69) is 10.6 Å². The van der Waals surface area contributed by atoms with Crippen molar-refractivity contribution in [3.63, 3.8) is 0 Å². The molecule has 0 saturated heterocycles. The molecule has 3 amide bonds. The fraction of sp³-hybridized carbons (Fsp3) is 0.421. The molecular formula is C19H24N4O4. The molecule has 0 radical (unpaired) electrons. The van der Waals surface area contributed by atoms with Gasteiger partial charge in [0.25, 0.3) is 17.7 Å². The second-order valence-electron chi connectivity index (χ2n) is 7.07. The van der Waals surface area contributed by atoms with Gasteiger partial charge in [-0.05, 0) is 25.0 Å². The third-order valence-corrected chi connectivity index (χ3v) is 4.92. The molecule has 3 N–H and O–H groups in total. The van der Waals surface area contributed by atoms with E-state index < -0.39 is 11.8 Å². The fourth-order valence-corrected chi connectivity index (χ4v) is 3.36. The van der Waals surface area contributed by atoms with Crippen molar-refractivity contribution in [2.45, 2.75) is 31.7 Å². The smallest absolute Gasteiger partial charge is 0.279 e. The average Bonchev–Trinajstić information content (AvgIpc) is 3.22. The van der Waals surface area contributed by atoms with Crippen LogP contribution in [0.5, 0.6) is 5.75 Å². The molecule has 0 bridgehead atoms. The fourth-order valence-electron chi connectivity index (χ4n) is 3.36. The van der Waals surface area contributed by atoms with Gasteiger partial charge in [0, 0.05) is 27.2 Å². The lowest BCUT2D eigenvalue weighted by molar-refractivity contribution is -0.136. The number of phenolic OH excluding ortho intramolecular Hbond substituents is 1. The van der Waals surface area contributed by atoms with Crippen molar-refractivity contribution >= 4 is 23.4 Å². The van der Waals surface area contributed by atoms with Crippen LogP contribution < -0.4 is 10.6 Å². The number of rotatable bonds is 5. The molecule has 3 rings (SSSR count). The number of imide groups is 1. The Morgan fingerprint density at radius 3 is 2.41 bits per heavy atom. The molecule has 1 aliphatic heterocycles. The van der Waals surface area contributed by atoms with Crippen LogP contribution in [0, 0.1) is 0 Å². The lowest BCUT2D eigenvalue weighted by Gasteiger charge is -2.16. The Labute approximate surface area is 157 Å². The Hall–Kier alpha value is -3.03. The van der Waals surface area contributed by atoms with Crippen LogP contribution in [0.25, 0.3) is 0 Å². The molecule has 144 valence electrons. The Morgan fingerprint density at radius 1 is 1.15 bits per heavy atom. The normalized spacial score (nSPS) is 17.7. The molecule has 27 heavy (non-hydrogen) atoms. The van der Waals surface area contributed by atoms with Gasteiger partial charge in [-0.1, -0.05) is 18.9 Å². The van der Waals surface area contributed by atoms with Crippen molar-refractivity contribution in [3.05, 3.63) is 35.2 Å². The summed E-state index contributed by atoms with van der Waals surface area (Å²) in [7, 11) is 4.59. The lowest BCUT2D eigenvalue weighted by atomic mass is 10.1. The number of carbonyl (C=O) groups is 3. The van der Waals surface area contributed by atoms with E-state index in [1.165, 1.54) is 18.0 Å². The summed E-state index contributed by atoms with van der Waals surface area (Å²) in [5.41, 5.74) is 0.596. The predicted octanol–water partition coefficient (Wildman–Crippen LogP) is 1.25. The largest absolute Gasteiger partial charge is 0.505 e. The number of amides is 3. The van der Waals surface area contributed by atoms with E-state index in [-0.39, 0.29) is 40.3 Å². The highest BCUT2D eigenvalue weighted by Gasteiger charge is 2.38. The molecule has 1 aromatic carbocycles. The second-order valence-corrected chi connectivity index (χ2v) is 7.07. The maximum Gasteiger partial charge on any atom is 0.279 e. The summed E-state index contributed by atoms with van der Waals surface area (Å²) in [5.74, 6) is -1.52. The van der Waals surface area contributed by atoms with Gasteiger partial charge in [-0.15, -0.1) is 0 Å². The first kappa shape index (κ1) is 18.8. The van der Waals surface area contributed by atoms with Gasteiger partial charge < -0.3 is 20.6 Å². The van der Waals surface area contributed by atoms with E-state index in [4.69, 9.17) is 0 Å². The Kier molecular flexibility index (Phi) is 5.07. The third-order valence-electron chi connectivity index (χ3n) is 4.92. The number of aromatic hydroxyl groups is 1. The molecule has 1 fully saturated rings. The van der Waals surface area contributed by atoms with Gasteiger partial charge in [0.1, 0.15) is 11.4 Å². The Balaban J connectivity index is 1.95. The van der Waals surface area contributed by atoms with E-state index in [9.17, 15) is 19.5 Å². The van der Waals surface area contributed by atoms with Gasteiger partial charge in [0.2, 0.25) is 0 Å². The van der Waals surface area contributed by atoms with Gasteiger partial charge in [0.15, 0.2) is 5.75 Å². The number of carbonyl (C=O) groups excluding carboxylic acids is 3. The number of likely N-dealkylation sites (N-methyl/N-ethyl adjacent to an activating group) is 1. The summed E-state index contributed by atoms with van der Waals surface area (Å²) in [6, 6.07) is 4.81. The summed E-state index contributed by atoms with van der Waals surface area (Å²) >= 11 is 0. The highest BCUT2D eigenvalue weighted by Crippen LogP contribution is 2.31. The van der Waals surface area contributed by atoms with Gasteiger partial charge in [-0.2, -0.15) is 0 Å². The van der Waals surface area contributed by atoms with Crippen molar-refractivity contribution in [2.75, 3.05) is 26.5 Å². The number of hydrogen-bond acceptors (Lipinski definition) is 6. The van der Waals surface area contributed by atoms with Crippen molar-refractivity contribution in [1.29, 1.82) is 0 Å². The molecule has 0 aromatic heterocycles. The summed E-state index contributed by atoms with van der Waals surface area (Å²) in [4.78, 5) is 39.6. The van der Waals surface area contributed by atoms with Crippen LogP contribution in [0.2, 0.25) is 0 Å². The molecule has 1 saturated carbocycles. The van der Waals surface area contributed by atoms with Crippen LogP contribution in [0.15, 0.2) is 29.6 Å². The Morgan fingerprint density at radius 2 is 1.78 bits per heavy atom. The zero-order valence-corrected chi connectivity index (χ0v) is 15.7. The summed E-state index contributed by atoms with van der Waals surface area (Å²) < 4.78 is 0. The number of nitrogens with one attached hydrogen (secondary N) is 2. The van der Waals surface area contributed by atoms with Crippen molar-refractivity contribution in [1.82, 2.24) is 15.1 Å². The van der Waals surface area contributed by atoms with Gasteiger partial charge in [0.05, 0.1) is 11.3 Å². The van der Waals surface area contributed by atoms with Gasteiger partial charge in [-0.3, -0.25) is 19.3 Å². The molecule has 1 heterocycles.